The summed E-state index contributed by atoms with van der Waals surface area (Å²) in [5.41, 5.74) is 1.21. The van der Waals surface area contributed by atoms with E-state index in [0.717, 1.165) is 26.5 Å². The highest BCUT2D eigenvalue weighted by molar-refractivity contribution is 7.92. The van der Waals surface area contributed by atoms with Crippen LogP contribution in [0.15, 0.2) is 89.8 Å². The molecule has 7 nitrogen and oxygen atoms in total. The van der Waals surface area contributed by atoms with Crippen LogP contribution in [0.5, 0.6) is 11.5 Å². The number of thiophene rings is 1. The van der Waals surface area contributed by atoms with Gasteiger partial charge in [0.15, 0.2) is 11.5 Å². The van der Waals surface area contributed by atoms with E-state index in [2.05, 4.69) is 5.32 Å². The molecule has 1 heterocycles. The van der Waals surface area contributed by atoms with E-state index in [1.54, 1.807) is 24.3 Å². The average molecular weight is 533 g/mol. The van der Waals surface area contributed by atoms with Crippen molar-refractivity contribution in [2.45, 2.75) is 4.90 Å². The Morgan fingerprint density at radius 1 is 0.838 bits per heavy atom. The molecule has 0 aliphatic carbocycles. The van der Waals surface area contributed by atoms with Crippen molar-refractivity contribution >= 4 is 59.5 Å². The number of methoxy groups -OCH3 is 2. The quantitative estimate of drug-likeness (QED) is 0.272. The van der Waals surface area contributed by atoms with Gasteiger partial charge in [-0.05, 0) is 53.2 Å². The lowest BCUT2D eigenvalue weighted by molar-refractivity contribution is 0.103. The molecule has 0 saturated heterocycles. The molecular weight excluding hydrogens is 508 g/mol. The van der Waals surface area contributed by atoms with Gasteiger partial charge in [-0.25, -0.2) is 8.42 Å². The van der Waals surface area contributed by atoms with Crippen molar-refractivity contribution in [2.24, 2.45) is 0 Å². The fraction of sp³-hybridized carbons (Fsp3) is 0.107. The smallest absolute Gasteiger partial charge is 0.265 e. The molecule has 1 amide bonds. The van der Waals surface area contributed by atoms with E-state index in [-0.39, 0.29) is 10.8 Å². The number of nitrogens with zero attached hydrogens (tertiary/aromatic N) is 1. The Bertz CT molecular complexity index is 1740. The first-order chi connectivity index (χ1) is 17.8. The predicted molar refractivity (Wildman–Crippen MR) is 149 cm³/mol. The number of amides is 1. The Morgan fingerprint density at radius 3 is 2.38 bits per heavy atom. The van der Waals surface area contributed by atoms with Crippen LogP contribution in [0.3, 0.4) is 0 Å². The second kappa shape index (κ2) is 9.76. The summed E-state index contributed by atoms with van der Waals surface area (Å²) in [5, 5.41) is 5.79. The van der Waals surface area contributed by atoms with Crippen LogP contribution in [-0.4, -0.2) is 35.6 Å². The van der Waals surface area contributed by atoms with Crippen LogP contribution < -0.4 is 19.1 Å². The molecule has 0 aliphatic heterocycles. The van der Waals surface area contributed by atoms with Gasteiger partial charge in [-0.1, -0.05) is 36.4 Å². The van der Waals surface area contributed by atoms with Crippen molar-refractivity contribution in [1.29, 1.82) is 0 Å². The summed E-state index contributed by atoms with van der Waals surface area (Å²) in [6.45, 7) is 0. The maximum Gasteiger partial charge on any atom is 0.265 e. The van der Waals surface area contributed by atoms with E-state index in [1.807, 2.05) is 48.5 Å². The normalized spacial score (nSPS) is 11.4. The lowest BCUT2D eigenvalue weighted by Gasteiger charge is -2.20. The third-order valence-electron chi connectivity index (χ3n) is 6.14. The van der Waals surface area contributed by atoms with Crippen molar-refractivity contribution in [3.8, 4) is 11.5 Å². The number of carbonyl (C=O) groups is 1. The topological polar surface area (TPSA) is 84.9 Å². The zero-order valence-electron chi connectivity index (χ0n) is 20.4. The lowest BCUT2D eigenvalue weighted by atomic mass is 10.1. The van der Waals surface area contributed by atoms with Gasteiger partial charge in [0.25, 0.3) is 15.9 Å². The Hall–Kier alpha value is -4.08. The standard InChI is InChI=1S/C28H24N2O5S2/c1-30(37(32,33)21-12-13-24(34-2)25(17-21)35-3)20-11-14-26-19(15-20)16-27(36-26)28(31)29-23-10-6-8-18-7-4-5-9-22(18)23/h4-17H,1-3H3,(H,29,31). The summed E-state index contributed by atoms with van der Waals surface area (Å²) < 4.78 is 39.2. The molecule has 188 valence electrons. The molecule has 1 N–H and O–H groups in total. The minimum atomic E-state index is -3.87. The molecule has 5 rings (SSSR count). The monoisotopic (exact) mass is 532 g/mol. The first-order valence-electron chi connectivity index (χ1n) is 11.4. The molecule has 0 bridgehead atoms. The van der Waals surface area contributed by atoms with Crippen molar-refractivity contribution < 1.29 is 22.7 Å². The Balaban J connectivity index is 1.43. The van der Waals surface area contributed by atoms with Crippen LogP contribution in [0, 0.1) is 0 Å². The maximum absolute atomic E-state index is 13.3. The number of nitrogens with one attached hydrogen (secondary N) is 1. The summed E-state index contributed by atoms with van der Waals surface area (Å²) in [6.07, 6.45) is 0. The zero-order valence-corrected chi connectivity index (χ0v) is 22.0. The minimum Gasteiger partial charge on any atom is -0.493 e. The summed E-state index contributed by atoms with van der Waals surface area (Å²) in [4.78, 5) is 13.7. The van der Waals surface area contributed by atoms with Crippen LogP contribution in [0.1, 0.15) is 9.67 Å². The Labute approximate surface area is 218 Å². The number of benzene rings is 4. The van der Waals surface area contributed by atoms with Gasteiger partial charge in [-0.2, -0.15) is 0 Å². The van der Waals surface area contributed by atoms with E-state index >= 15 is 0 Å². The van der Waals surface area contributed by atoms with Crippen LogP contribution in [0.25, 0.3) is 20.9 Å². The van der Waals surface area contributed by atoms with Crippen molar-refractivity contribution in [1.82, 2.24) is 0 Å². The summed E-state index contributed by atoms with van der Waals surface area (Å²) in [5.74, 6) is 0.551. The van der Waals surface area contributed by atoms with E-state index in [0.29, 0.717) is 22.1 Å². The Kier molecular flexibility index (Phi) is 6.49. The van der Waals surface area contributed by atoms with E-state index in [9.17, 15) is 13.2 Å². The fourth-order valence-electron chi connectivity index (χ4n) is 4.13. The summed E-state index contributed by atoms with van der Waals surface area (Å²) in [6, 6.07) is 25.2. The van der Waals surface area contributed by atoms with E-state index in [4.69, 9.17) is 9.47 Å². The highest BCUT2D eigenvalue weighted by atomic mass is 32.2. The number of anilines is 2. The van der Waals surface area contributed by atoms with E-state index < -0.39 is 10.0 Å². The second-order valence-electron chi connectivity index (χ2n) is 8.30. The van der Waals surface area contributed by atoms with Gasteiger partial charge in [0.05, 0.1) is 29.7 Å². The largest absolute Gasteiger partial charge is 0.493 e. The molecule has 0 aliphatic rings. The number of hydrogen-bond acceptors (Lipinski definition) is 6. The van der Waals surface area contributed by atoms with Crippen molar-refractivity contribution in [3.05, 3.63) is 89.8 Å². The third-order valence-corrected chi connectivity index (χ3v) is 9.03. The van der Waals surface area contributed by atoms with Gasteiger partial charge in [0.2, 0.25) is 0 Å². The molecule has 4 aromatic carbocycles. The number of hydrogen-bond donors (Lipinski definition) is 1. The third kappa shape index (κ3) is 4.59. The minimum absolute atomic E-state index is 0.0771. The zero-order chi connectivity index (χ0) is 26.2. The molecule has 1 aromatic heterocycles. The number of ether oxygens (including phenoxy) is 2. The second-order valence-corrected chi connectivity index (χ2v) is 11.4. The summed E-state index contributed by atoms with van der Waals surface area (Å²) >= 11 is 1.35. The number of sulfonamides is 1. The molecule has 0 saturated carbocycles. The maximum atomic E-state index is 13.3. The van der Waals surface area contributed by atoms with Crippen LogP contribution in [0.2, 0.25) is 0 Å². The van der Waals surface area contributed by atoms with Gasteiger partial charge in [0, 0.05) is 28.9 Å². The first-order valence-corrected chi connectivity index (χ1v) is 13.6. The number of rotatable bonds is 7. The highest BCUT2D eigenvalue weighted by Gasteiger charge is 2.24. The van der Waals surface area contributed by atoms with Crippen LogP contribution in [-0.2, 0) is 10.0 Å². The Morgan fingerprint density at radius 2 is 1.59 bits per heavy atom. The summed E-state index contributed by atoms with van der Waals surface area (Å²) in [7, 11) is 0.572. The molecule has 0 fully saturated rings. The number of carbonyl (C=O) groups excluding carboxylic acids is 1. The van der Waals surface area contributed by atoms with Crippen LogP contribution in [0.4, 0.5) is 11.4 Å². The molecule has 9 heteroatoms. The lowest BCUT2D eigenvalue weighted by Crippen LogP contribution is -2.26. The van der Waals surface area contributed by atoms with Crippen molar-refractivity contribution in [2.75, 3.05) is 30.9 Å². The van der Waals surface area contributed by atoms with Gasteiger partial charge < -0.3 is 14.8 Å². The predicted octanol–water partition coefficient (Wildman–Crippen LogP) is 6.15. The van der Waals surface area contributed by atoms with Gasteiger partial charge in [-0.15, -0.1) is 11.3 Å². The average Bonchev–Trinajstić information content (AvgIpc) is 3.36. The molecule has 0 unspecified atom stereocenters. The molecule has 0 atom stereocenters. The van der Waals surface area contributed by atoms with Crippen LogP contribution >= 0.6 is 11.3 Å². The molecule has 37 heavy (non-hydrogen) atoms. The molecular formula is C28H24N2O5S2. The number of fused-ring (bicyclic) bond motifs is 2. The SMILES string of the molecule is COc1ccc(S(=O)(=O)N(C)c2ccc3sc(C(=O)Nc4cccc5ccccc45)cc3c2)cc1OC. The molecule has 0 spiro atoms. The molecule has 5 aromatic rings. The molecule has 0 radical (unpaired) electrons. The highest BCUT2D eigenvalue weighted by Crippen LogP contribution is 2.34. The van der Waals surface area contributed by atoms with Crippen molar-refractivity contribution in [3.63, 3.8) is 0 Å². The van der Waals surface area contributed by atoms with E-state index in [1.165, 1.54) is 49.0 Å². The van der Waals surface area contributed by atoms with Gasteiger partial charge in [-0.3, -0.25) is 9.10 Å². The van der Waals surface area contributed by atoms with Gasteiger partial charge >= 0.3 is 0 Å². The fourth-order valence-corrected chi connectivity index (χ4v) is 6.27. The van der Waals surface area contributed by atoms with Gasteiger partial charge in [0.1, 0.15) is 0 Å². The first kappa shape index (κ1) is 24.6.